The van der Waals surface area contributed by atoms with Gasteiger partial charge in [-0.25, -0.2) is 0 Å². The van der Waals surface area contributed by atoms with Crippen LogP contribution in [0.15, 0.2) is 41.4 Å². The summed E-state index contributed by atoms with van der Waals surface area (Å²) in [5.74, 6) is 0. The van der Waals surface area contributed by atoms with Crippen LogP contribution in [0.3, 0.4) is 0 Å². The maximum atomic E-state index is 9.72. The van der Waals surface area contributed by atoms with E-state index < -0.39 is 5.60 Å². The molecule has 1 rings (SSSR count). The summed E-state index contributed by atoms with van der Waals surface area (Å²) in [4.78, 5) is 0. The average Bonchev–Trinajstić information content (AvgIpc) is 2.09. The first-order valence-electron chi connectivity index (χ1n) is 4.14. The van der Waals surface area contributed by atoms with Crippen LogP contribution >= 0.6 is 15.9 Å². The van der Waals surface area contributed by atoms with Gasteiger partial charge in [0.1, 0.15) is 0 Å². The van der Waals surface area contributed by atoms with Gasteiger partial charge >= 0.3 is 0 Å². The molecular formula is C11H13BrO. The highest BCUT2D eigenvalue weighted by Gasteiger charge is 2.15. The molecule has 0 heterocycles. The largest absolute Gasteiger partial charge is 0.386 e. The van der Waals surface area contributed by atoms with Crippen molar-refractivity contribution < 1.29 is 5.11 Å². The standard InChI is InChI=1S/C11H13BrO/c1-3-11(2,13)8-9-4-6-10(12)7-5-9/h3-7,13H,1,8H2,2H3. The van der Waals surface area contributed by atoms with Crippen molar-refractivity contribution in [1.82, 2.24) is 0 Å². The third kappa shape index (κ3) is 3.33. The SMILES string of the molecule is C=CC(C)(O)Cc1ccc(Br)cc1. The van der Waals surface area contributed by atoms with Crippen LogP contribution in [0.25, 0.3) is 0 Å². The lowest BCUT2D eigenvalue weighted by atomic mass is 9.97. The quantitative estimate of drug-likeness (QED) is 0.806. The minimum atomic E-state index is -0.812. The van der Waals surface area contributed by atoms with Crippen molar-refractivity contribution in [2.45, 2.75) is 18.9 Å². The highest BCUT2D eigenvalue weighted by molar-refractivity contribution is 9.10. The highest BCUT2D eigenvalue weighted by atomic mass is 79.9. The molecule has 70 valence electrons. The molecule has 0 saturated heterocycles. The normalized spacial score (nSPS) is 15.0. The zero-order valence-electron chi connectivity index (χ0n) is 7.63. The van der Waals surface area contributed by atoms with Crippen LogP contribution in [0.1, 0.15) is 12.5 Å². The molecule has 0 aliphatic carbocycles. The van der Waals surface area contributed by atoms with Crippen molar-refractivity contribution >= 4 is 15.9 Å². The van der Waals surface area contributed by atoms with Gasteiger partial charge in [0.05, 0.1) is 5.60 Å². The molecule has 0 aliphatic rings. The maximum Gasteiger partial charge on any atom is 0.0837 e. The van der Waals surface area contributed by atoms with Crippen LogP contribution in [0, 0.1) is 0 Å². The Morgan fingerprint density at radius 3 is 2.46 bits per heavy atom. The summed E-state index contributed by atoms with van der Waals surface area (Å²) in [6, 6.07) is 7.91. The van der Waals surface area contributed by atoms with E-state index in [0.29, 0.717) is 6.42 Å². The summed E-state index contributed by atoms with van der Waals surface area (Å²) < 4.78 is 1.05. The van der Waals surface area contributed by atoms with Gasteiger partial charge in [-0.2, -0.15) is 0 Å². The fraction of sp³-hybridized carbons (Fsp3) is 0.273. The van der Waals surface area contributed by atoms with Crippen LogP contribution in [0.2, 0.25) is 0 Å². The Kier molecular flexibility index (Phi) is 3.28. The molecule has 0 fully saturated rings. The van der Waals surface area contributed by atoms with Crippen LogP contribution in [-0.2, 0) is 6.42 Å². The average molecular weight is 241 g/mol. The predicted octanol–water partition coefficient (Wildman–Crippen LogP) is 2.93. The summed E-state index contributed by atoms with van der Waals surface area (Å²) in [5.41, 5.74) is 0.293. The summed E-state index contributed by atoms with van der Waals surface area (Å²) in [5, 5.41) is 9.72. The monoisotopic (exact) mass is 240 g/mol. The molecular weight excluding hydrogens is 228 g/mol. The first-order chi connectivity index (χ1) is 6.03. The molecule has 0 aromatic heterocycles. The zero-order valence-corrected chi connectivity index (χ0v) is 9.21. The highest BCUT2D eigenvalue weighted by Crippen LogP contribution is 2.16. The number of halogens is 1. The maximum absolute atomic E-state index is 9.72. The fourth-order valence-electron chi connectivity index (χ4n) is 1.09. The molecule has 0 amide bonds. The van der Waals surface area contributed by atoms with Gasteiger partial charge in [0, 0.05) is 10.9 Å². The Labute approximate surface area is 87.2 Å². The second kappa shape index (κ2) is 4.07. The third-order valence-electron chi connectivity index (χ3n) is 1.92. The smallest absolute Gasteiger partial charge is 0.0837 e. The molecule has 1 unspecified atom stereocenters. The second-order valence-corrected chi connectivity index (χ2v) is 4.28. The molecule has 0 saturated carbocycles. The van der Waals surface area contributed by atoms with Crippen LogP contribution in [0.4, 0.5) is 0 Å². The third-order valence-corrected chi connectivity index (χ3v) is 2.44. The number of hydrogen-bond acceptors (Lipinski definition) is 1. The number of aliphatic hydroxyl groups is 1. The van der Waals surface area contributed by atoms with E-state index in [-0.39, 0.29) is 0 Å². The van der Waals surface area contributed by atoms with Gasteiger partial charge in [-0.05, 0) is 24.6 Å². The van der Waals surface area contributed by atoms with E-state index in [1.54, 1.807) is 13.0 Å². The van der Waals surface area contributed by atoms with E-state index in [2.05, 4.69) is 22.5 Å². The first-order valence-corrected chi connectivity index (χ1v) is 4.93. The Morgan fingerprint density at radius 2 is 2.00 bits per heavy atom. The van der Waals surface area contributed by atoms with Crippen molar-refractivity contribution in [3.05, 3.63) is 47.0 Å². The Morgan fingerprint density at radius 1 is 1.46 bits per heavy atom. The molecule has 0 aliphatic heterocycles. The molecule has 2 heteroatoms. The van der Waals surface area contributed by atoms with Gasteiger partial charge in [-0.15, -0.1) is 6.58 Å². The predicted molar refractivity (Wildman–Crippen MR) is 58.7 cm³/mol. The van der Waals surface area contributed by atoms with Crippen LogP contribution < -0.4 is 0 Å². The lowest BCUT2D eigenvalue weighted by Gasteiger charge is -2.18. The number of benzene rings is 1. The van der Waals surface area contributed by atoms with Gasteiger partial charge in [0.2, 0.25) is 0 Å². The molecule has 1 aromatic rings. The Bertz CT molecular complexity index is 287. The summed E-state index contributed by atoms with van der Waals surface area (Å²) in [7, 11) is 0. The van der Waals surface area contributed by atoms with Crippen molar-refractivity contribution in [2.75, 3.05) is 0 Å². The minimum Gasteiger partial charge on any atom is -0.386 e. The van der Waals surface area contributed by atoms with Crippen molar-refractivity contribution in [3.8, 4) is 0 Å². The lowest BCUT2D eigenvalue weighted by Crippen LogP contribution is -2.23. The van der Waals surface area contributed by atoms with Crippen molar-refractivity contribution in [2.24, 2.45) is 0 Å². The molecule has 0 radical (unpaired) electrons. The Hall–Kier alpha value is -0.600. The number of hydrogen-bond donors (Lipinski definition) is 1. The first kappa shape index (κ1) is 10.5. The molecule has 1 N–H and O–H groups in total. The van der Waals surface area contributed by atoms with Gasteiger partial charge in [-0.3, -0.25) is 0 Å². The molecule has 13 heavy (non-hydrogen) atoms. The zero-order chi connectivity index (χ0) is 9.90. The second-order valence-electron chi connectivity index (χ2n) is 3.36. The van der Waals surface area contributed by atoms with Crippen LogP contribution in [-0.4, -0.2) is 10.7 Å². The summed E-state index contributed by atoms with van der Waals surface area (Å²) in [6.45, 7) is 5.34. The summed E-state index contributed by atoms with van der Waals surface area (Å²) >= 11 is 3.36. The Balaban J connectivity index is 2.75. The van der Waals surface area contributed by atoms with Gasteiger partial charge in [-0.1, -0.05) is 34.1 Å². The van der Waals surface area contributed by atoms with E-state index in [0.717, 1.165) is 10.0 Å². The van der Waals surface area contributed by atoms with E-state index in [9.17, 15) is 5.11 Å². The van der Waals surface area contributed by atoms with E-state index in [4.69, 9.17) is 0 Å². The van der Waals surface area contributed by atoms with E-state index >= 15 is 0 Å². The minimum absolute atomic E-state index is 0.601. The molecule has 0 bridgehead atoms. The van der Waals surface area contributed by atoms with Gasteiger partial charge < -0.3 is 5.11 Å². The van der Waals surface area contributed by atoms with Gasteiger partial charge in [0.25, 0.3) is 0 Å². The van der Waals surface area contributed by atoms with E-state index in [1.807, 2.05) is 24.3 Å². The number of rotatable bonds is 3. The molecule has 1 atom stereocenters. The molecule has 1 nitrogen and oxygen atoms in total. The van der Waals surface area contributed by atoms with Crippen molar-refractivity contribution in [1.29, 1.82) is 0 Å². The topological polar surface area (TPSA) is 20.2 Å². The summed E-state index contributed by atoms with van der Waals surface area (Å²) in [6.07, 6.45) is 2.17. The van der Waals surface area contributed by atoms with Crippen LogP contribution in [0.5, 0.6) is 0 Å². The fourth-order valence-corrected chi connectivity index (χ4v) is 1.35. The van der Waals surface area contributed by atoms with Crippen molar-refractivity contribution in [3.63, 3.8) is 0 Å². The molecule has 0 spiro atoms. The van der Waals surface area contributed by atoms with Gasteiger partial charge in [0.15, 0.2) is 0 Å². The molecule has 1 aromatic carbocycles. The van der Waals surface area contributed by atoms with E-state index in [1.165, 1.54) is 0 Å². The lowest BCUT2D eigenvalue weighted by molar-refractivity contribution is 0.113.